The van der Waals surface area contributed by atoms with Gasteiger partial charge in [0.2, 0.25) is 0 Å². The first kappa shape index (κ1) is 18.9. The highest BCUT2D eigenvalue weighted by atomic mass is 32.1. The number of methoxy groups -OCH3 is 1. The monoisotopic (exact) mass is 401 g/mol. The van der Waals surface area contributed by atoms with Crippen molar-refractivity contribution < 1.29 is 14.3 Å². The maximum atomic E-state index is 13.1. The third-order valence-electron chi connectivity index (χ3n) is 4.80. The molecule has 0 aliphatic carbocycles. The number of esters is 1. The summed E-state index contributed by atoms with van der Waals surface area (Å²) in [5.74, 6) is -0.728. The van der Waals surface area contributed by atoms with Crippen molar-refractivity contribution in [1.82, 2.24) is 0 Å². The molecule has 0 fully saturated rings. The van der Waals surface area contributed by atoms with Crippen LogP contribution < -0.4 is 5.32 Å². The molecule has 1 aromatic heterocycles. The third kappa shape index (κ3) is 3.52. The molecule has 0 radical (unpaired) electrons. The van der Waals surface area contributed by atoms with Crippen molar-refractivity contribution in [2.45, 2.75) is 6.92 Å². The van der Waals surface area contributed by atoms with Crippen LogP contribution in [-0.2, 0) is 4.74 Å². The van der Waals surface area contributed by atoms with E-state index in [4.69, 9.17) is 4.74 Å². The molecule has 1 N–H and O–H groups in total. The molecule has 5 heteroatoms. The van der Waals surface area contributed by atoms with Gasteiger partial charge in [0.25, 0.3) is 5.91 Å². The Morgan fingerprint density at radius 2 is 1.59 bits per heavy atom. The number of hydrogen-bond acceptors (Lipinski definition) is 4. The number of anilines is 1. The zero-order chi connectivity index (χ0) is 20.4. The SMILES string of the molecule is COC(=O)c1c(NC(=O)c2cccc3ccccc23)sc(C)c1-c1ccccc1. The van der Waals surface area contributed by atoms with Crippen LogP contribution in [0.15, 0.2) is 72.8 Å². The minimum Gasteiger partial charge on any atom is -0.465 e. The van der Waals surface area contributed by atoms with E-state index in [-0.39, 0.29) is 5.91 Å². The van der Waals surface area contributed by atoms with E-state index in [1.165, 1.54) is 18.4 Å². The van der Waals surface area contributed by atoms with Gasteiger partial charge >= 0.3 is 5.97 Å². The number of carbonyl (C=O) groups excluding carboxylic acids is 2. The molecule has 3 aromatic carbocycles. The van der Waals surface area contributed by atoms with Gasteiger partial charge in [0.1, 0.15) is 10.6 Å². The van der Waals surface area contributed by atoms with Crippen LogP contribution in [0.3, 0.4) is 0 Å². The minimum absolute atomic E-state index is 0.257. The zero-order valence-electron chi connectivity index (χ0n) is 16.1. The van der Waals surface area contributed by atoms with Gasteiger partial charge in [-0.05, 0) is 29.3 Å². The van der Waals surface area contributed by atoms with Crippen LogP contribution in [0.25, 0.3) is 21.9 Å². The molecule has 0 aliphatic heterocycles. The first-order valence-corrected chi connectivity index (χ1v) is 9.98. The second-order valence-corrected chi connectivity index (χ2v) is 7.80. The quantitative estimate of drug-likeness (QED) is 0.432. The molecule has 0 saturated heterocycles. The molecule has 4 nitrogen and oxygen atoms in total. The molecule has 0 spiro atoms. The molecule has 1 amide bonds. The van der Waals surface area contributed by atoms with Crippen molar-refractivity contribution in [2.75, 3.05) is 12.4 Å². The van der Waals surface area contributed by atoms with E-state index in [1.54, 1.807) is 6.07 Å². The zero-order valence-corrected chi connectivity index (χ0v) is 16.9. The van der Waals surface area contributed by atoms with Crippen LogP contribution in [0, 0.1) is 6.92 Å². The fourth-order valence-corrected chi connectivity index (χ4v) is 4.54. The lowest BCUT2D eigenvalue weighted by molar-refractivity contribution is 0.0603. The van der Waals surface area contributed by atoms with Gasteiger partial charge in [-0.15, -0.1) is 11.3 Å². The first-order valence-electron chi connectivity index (χ1n) is 9.16. The Morgan fingerprint density at radius 3 is 2.34 bits per heavy atom. The maximum absolute atomic E-state index is 13.1. The molecular weight excluding hydrogens is 382 g/mol. The predicted octanol–water partition coefficient (Wildman–Crippen LogP) is 5.92. The third-order valence-corrected chi connectivity index (χ3v) is 5.82. The highest BCUT2D eigenvalue weighted by molar-refractivity contribution is 7.17. The van der Waals surface area contributed by atoms with E-state index >= 15 is 0 Å². The molecule has 4 aromatic rings. The van der Waals surface area contributed by atoms with Crippen molar-refractivity contribution in [3.8, 4) is 11.1 Å². The van der Waals surface area contributed by atoms with E-state index in [0.29, 0.717) is 16.1 Å². The summed E-state index contributed by atoms with van der Waals surface area (Å²) in [7, 11) is 1.35. The second kappa shape index (κ2) is 7.89. The van der Waals surface area contributed by atoms with Crippen LogP contribution in [-0.4, -0.2) is 19.0 Å². The van der Waals surface area contributed by atoms with Gasteiger partial charge in [0, 0.05) is 16.0 Å². The van der Waals surface area contributed by atoms with Crippen LogP contribution in [0.4, 0.5) is 5.00 Å². The smallest absolute Gasteiger partial charge is 0.341 e. The summed E-state index contributed by atoms with van der Waals surface area (Å²) in [6.07, 6.45) is 0. The van der Waals surface area contributed by atoms with Crippen molar-refractivity contribution in [3.63, 3.8) is 0 Å². The molecular formula is C24H19NO3S. The van der Waals surface area contributed by atoms with Gasteiger partial charge in [0.05, 0.1) is 7.11 Å². The number of amides is 1. The van der Waals surface area contributed by atoms with Crippen LogP contribution in [0.2, 0.25) is 0 Å². The van der Waals surface area contributed by atoms with E-state index in [2.05, 4.69) is 5.32 Å². The average Bonchev–Trinajstić information content (AvgIpc) is 3.08. The summed E-state index contributed by atoms with van der Waals surface area (Å²) in [6, 6.07) is 23.0. The van der Waals surface area contributed by atoms with Gasteiger partial charge in [-0.25, -0.2) is 4.79 Å². The summed E-state index contributed by atoms with van der Waals surface area (Å²) < 4.78 is 5.03. The molecule has 0 saturated carbocycles. The standard InChI is InChI=1S/C24H19NO3S/c1-15-20(17-10-4-3-5-11-17)21(24(27)28-2)23(29-15)25-22(26)19-14-8-12-16-9-6-7-13-18(16)19/h3-14H,1-2H3,(H,25,26). The van der Waals surface area contributed by atoms with E-state index in [9.17, 15) is 9.59 Å². The Labute approximate surface area is 172 Å². The Balaban J connectivity index is 1.79. The lowest BCUT2D eigenvalue weighted by Crippen LogP contribution is -2.14. The van der Waals surface area contributed by atoms with Crippen LogP contribution in [0.5, 0.6) is 0 Å². The van der Waals surface area contributed by atoms with Crippen LogP contribution >= 0.6 is 11.3 Å². The second-order valence-electron chi connectivity index (χ2n) is 6.58. The van der Waals surface area contributed by atoms with Crippen molar-refractivity contribution >= 4 is 39.0 Å². The molecule has 0 aliphatic rings. The number of aryl methyl sites for hydroxylation is 1. The van der Waals surface area contributed by atoms with E-state index in [1.807, 2.05) is 73.7 Å². The molecule has 1 heterocycles. The van der Waals surface area contributed by atoms with E-state index in [0.717, 1.165) is 26.8 Å². The largest absolute Gasteiger partial charge is 0.465 e. The van der Waals surface area contributed by atoms with Gasteiger partial charge in [-0.2, -0.15) is 0 Å². The average molecular weight is 401 g/mol. The number of fused-ring (bicyclic) bond motifs is 1. The number of ether oxygens (including phenoxy) is 1. The summed E-state index contributed by atoms with van der Waals surface area (Å²) in [4.78, 5) is 26.6. The highest BCUT2D eigenvalue weighted by Gasteiger charge is 2.25. The lowest BCUT2D eigenvalue weighted by atomic mass is 10.0. The predicted molar refractivity (Wildman–Crippen MR) is 118 cm³/mol. The number of rotatable bonds is 4. The summed E-state index contributed by atoms with van der Waals surface area (Å²) in [5.41, 5.74) is 2.64. The highest BCUT2D eigenvalue weighted by Crippen LogP contribution is 2.40. The first-order chi connectivity index (χ1) is 14.1. The minimum atomic E-state index is -0.471. The molecule has 4 rings (SSSR count). The fourth-order valence-electron chi connectivity index (χ4n) is 3.48. The van der Waals surface area contributed by atoms with Gasteiger partial charge in [-0.1, -0.05) is 66.7 Å². The lowest BCUT2D eigenvalue weighted by Gasteiger charge is -2.09. The molecule has 29 heavy (non-hydrogen) atoms. The topological polar surface area (TPSA) is 55.4 Å². The molecule has 0 atom stereocenters. The molecule has 0 unspecified atom stereocenters. The Kier molecular flexibility index (Phi) is 5.14. The van der Waals surface area contributed by atoms with Gasteiger partial charge < -0.3 is 10.1 Å². The summed E-state index contributed by atoms with van der Waals surface area (Å²) in [5, 5.41) is 5.29. The number of carbonyl (C=O) groups is 2. The Bertz CT molecular complexity index is 1210. The van der Waals surface area contributed by atoms with Crippen molar-refractivity contribution in [3.05, 3.63) is 88.8 Å². The number of nitrogens with one attached hydrogen (secondary N) is 1. The van der Waals surface area contributed by atoms with E-state index < -0.39 is 5.97 Å². The normalized spacial score (nSPS) is 10.7. The van der Waals surface area contributed by atoms with Crippen molar-refractivity contribution in [2.24, 2.45) is 0 Å². The van der Waals surface area contributed by atoms with Crippen LogP contribution in [0.1, 0.15) is 25.6 Å². The fraction of sp³-hybridized carbons (Fsp3) is 0.0833. The Morgan fingerprint density at radius 1 is 0.897 bits per heavy atom. The number of benzene rings is 3. The number of thiophene rings is 1. The summed E-state index contributed by atoms with van der Waals surface area (Å²) in [6.45, 7) is 1.94. The maximum Gasteiger partial charge on any atom is 0.341 e. The van der Waals surface area contributed by atoms with Gasteiger partial charge in [-0.3, -0.25) is 4.79 Å². The van der Waals surface area contributed by atoms with Crippen molar-refractivity contribution in [1.29, 1.82) is 0 Å². The molecule has 0 bridgehead atoms. The summed E-state index contributed by atoms with van der Waals surface area (Å²) >= 11 is 1.38. The molecule has 144 valence electrons. The number of hydrogen-bond donors (Lipinski definition) is 1. The Hall–Kier alpha value is -3.44. The van der Waals surface area contributed by atoms with Gasteiger partial charge in [0.15, 0.2) is 0 Å².